The molecule has 0 amide bonds. The number of nitrogens with one attached hydrogen (secondary N) is 1. The van der Waals surface area contributed by atoms with Crippen LogP contribution in [0.25, 0.3) is 0 Å². The smallest absolute Gasteiger partial charge is 0.0108 e. The van der Waals surface area contributed by atoms with Gasteiger partial charge < -0.3 is 10.2 Å². The Hall–Kier alpha value is -0.0800. The van der Waals surface area contributed by atoms with Crippen LogP contribution in [-0.2, 0) is 0 Å². The number of nitrogens with zero attached hydrogens (tertiary/aromatic N) is 1. The summed E-state index contributed by atoms with van der Waals surface area (Å²) in [5, 5.41) is 3.84. The van der Waals surface area contributed by atoms with E-state index in [4.69, 9.17) is 0 Å². The normalized spacial score (nSPS) is 34.5. The first kappa shape index (κ1) is 16.3. The molecule has 2 aliphatic rings. The standard InChI is InChI=1S/C18H36N2/c1-5-11-19-17-9-10-18(3,4)13-15(17)14-20-12-7-8-16(20)6-2/h15-17,19H,5-14H2,1-4H3. The molecule has 2 nitrogen and oxygen atoms in total. The van der Waals surface area contributed by atoms with E-state index in [1.54, 1.807) is 0 Å². The van der Waals surface area contributed by atoms with Crippen LogP contribution in [0, 0.1) is 11.3 Å². The Labute approximate surface area is 126 Å². The molecular weight excluding hydrogens is 244 g/mol. The van der Waals surface area contributed by atoms with E-state index in [9.17, 15) is 0 Å². The first-order valence-electron chi connectivity index (χ1n) is 9.03. The highest BCUT2D eigenvalue weighted by Gasteiger charge is 2.36. The van der Waals surface area contributed by atoms with Gasteiger partial charge in [-0.2, -0.15) is 0 Å². The third kappa shape index (κ3) is 4.21. The zero-order chi connectivity index (χ0) is 14.6. The fourth-order valence-corrected chi connectivity index (χ4v) is 4.43. The van der Waals surface area contributed by atoms with Gasteiger partial charge in [-0.3, -0.25) is 0 Å². The zero-order valence-corrected chi connectivity index (χ0v) is 14.3. The second-order valence-electron chi connectivity index (χ2n) is 7.93. The largest absolute Gasteiger partial charge is 0.314 e. The Morgan fingerprint density at radius 2 is 2.00 bits per heavy atom. The summed E-state index contributed by atoms with van der Waals surface area (Å²) in [5.74, 6) is 0.859. The summed E-state index contributed by atoms with van der Waals surface area (Å²) < 4.78 is 0. The maximum atomic E-state index is 3.84. The summed E-state index contributed by atoms with van der Waals surface area (Å²) in [6.07, 6.45) is 9.62. The number of likely N-dealkylation sites (tertiary alicyclic amines) is 1. The van der Waals surface area contributed by atoms with Gasteiger partial charge in [0.15, 0.2) is 0 Å². The van der Waals surface area contributed by atoms with Crippen LogP contribution in [0.4, 0.5) is 0 Å². The maximum Gasteiger partial charge on any atom is 0.0108 e. The summed E-state index contributed by atoms with van der Waals surface area (Å²) in [6, 6.07) is 1.63. The summed E-state index contributed by atoms with van der Waals surface area (Å²) in [4.78, 5) is 2.80. The molecule has 1 aliphatic carbocycles. The zero-order valence-electron chi connectivity index (χ0n) is 14.3. The Morgan fingerprint density at radius 1 is 1.20 bits per heavy atom. The van der Waals surface area contributed by atoms with Crippen LogP contribution in [0.5, 0.6) is 0 Å². The average molecular weight is 280 g/mol. The molecule has 0 aromatic rings. The molecule has 1 heterocycles. The van der Waals surface area contributed by atoms with Crippen LogP contribution >= 0.6 is 0 Å². The first-order chi connectivity index (χ1) is 9.55. The van der Waals surface area contributed by atoms with E-state index in [1.807, 2.05) is 0 Å². The lowest BCUT2D eigenvalue weighted by Crippen LogP contribution is -2.48. The van der Waals surface area contributed by atoms with Crippen LogP contribution in [0.3, 0.4) is 0 Å². The SMILES string of the molecule is CCCNC1CCC(C)(C)CC1CN1CCCC1CC. The molecule has 3 unspecified atom stereocenters. The lowest BCUT2D eigenvalue weighted by atomic mass is 9.69. The van der Waals surface area contributed by atoms with Crippen molar-refractivity contribution in [3.05, 3.63) is 0 Å². The molecule has 1 aliphatic heterocycles. The number of hydrogen-bond donors (Lipinski definition) is 1. The molecule has 1 saturated heterocycles. The Balaban J connectivity index is 1.95. The first-order valence-corrected chi connectivity index (χ1v) is 9.03. The van der Waals surface area contributed by atoms with Crippen LogP contribution in [0.2, 0.25) is 0 Å². The molecule has 0 radical (unpaired) electrons. The molecule has 20 heavy (non-hydrogen) atoms. The minimum Gasteiger partial charge on any atom is -0.314 e. The second kappa shape index (κ2) is 7.26. The van der Waals surface area contributed by atoms with Gasteiger partial charge >= 0.3 is 0 Å². The molecule has 3 atom stereocenters. The average Bonchev–Trinajstić information content (AvgIpc) is 2.84. The van der Waals surface area contributed by atoms with E-state index < -0.39 is 0 Å². The topological polar surface area (TPSA) is 15.3 Å². The molecule has 0 spiro atoms. The molecular formula is C18H36N2. The van der Waals surface area contributed by atoms with Crippen LogP contribution < -0.4 is 5.32 Å². The van der Waals surface area contributed by atoms with E-state index in [2.05, 4.69) is 37.9 Å². The fraction of sp³-hybridized carbons (Fsp3) is 1.00. The summed E-state index contributed by atoms with van der Waals surface area (Å²) in [5.41, 5.74) is 0.552. The van der Waals surface area contributed by atoms with Gasteiger partial charge in [-0.1, -0.05) is 27.7 Å². The van der Waals surface area contributed by atoms with Crippen LogP contribution in [0.1, 0.15) is 72.6 Å². The monoisotopic (exact) mass is 280 g/mol. The molecule has 1 N–H and O–H groups in total. The molecule has 0 aromatic heterocycles. The van der Waals surface area contributed by atoms with Gasteiger partial charge in [0.1, 0.15) is 0 Å². The number of rotatable bonds is 6. The van der Waals surface area contributed by atoms with Gasteiger partial charge in [-0.25, -0.2) is 0 Å². The van der Waals surface area contributed by atoms with E-state index >= 15 is 0 Å². The summed E-state index contributed by atoms with van der Waals surface area (Å²) >= 11 is 0. The quantitative estimate of drug-likeness (QED) is 0.789. The molecule has 0 bridgehead atoms. The molecule has 2 fully saturated rings. The molecule has 1 saturated carbocycles. The van der Waals surface area contributed by atoms with Crippen molar-refractivity contribution in [3.8, 4) is 0 Å². The van der Waals surface area contributed by atoms with Gasteiger partial charge in [0.25, 0.3) is 0 Å². The third-order valence-corrected chi connectivity index (χ3v) is 5.61. The van der Waals surface area contributed by atoms with Gasteiger partial charge in [-0.15, -0.1) is 0 Å². The lowest BCUT2D eigenvalue weighted by molar-refractivity contribution is 0.0943. The molecule has 2 heteroatoms. The lowest BCUT2D eigenvalue weighted by Gasteiger charge is -2.43. The van der Waals surface area contributed by atoms with E-state index in [1.165, 1.54) is 64.6 Å². The van der Waals surface area contributed by atoms with Crippen molar-refractivity contribution in [2.75, 3.05) is 19.6 Å². The highest BCUT2D eigenvalue weighted by Crippen LogP contribution is 2.39. The number of hydrogen-bond acceptors (Lipinski definition) is 2. The Kier molecular flexibility index (Phi) is 5.92. The van der Waals surface area contributed by atoms with Gasteiger partial charge in [0, 0.05) is 18.6 Å². The Bertz CT molecular complexity index is 287. The molecule has 118 valence electrons. The van der Waals surface area contributed by atoms with Gasteiger partial charge in [0.05, 0.1) is 0 Å². The van der Waals surface area contributed by atoms with Crippen LogP contribution in [0.15, 0.2) is 0 Å². The van der Waals surface area contributed by atoms with Crippen molar-refractivity contribution < 1.29 is 0 Å². The van der Waals surface area contributed by atoms with Crippen molar-refractivity contribution in [2.45, 2.75) is 84.7 Å². The fourth-order valence-electron chi connectivity index (χ4n) is 4.43. The van der Waals surface area contributed by atoms with Crippen molar-refractivity contribution in [1.82, 2.24) is 10.2 Å². The van der Waals surface area contributed by atoms with Gasteiger partial charge in [-0.05, 0) is 69.4 Å². The minimum absolute atomic E-state index is 0.552. The summed E-state index contributed by atoms with van der Waals surface area (Å²) in [7, 11) is 0. The van der Waals surface area contributed by atoms with Gasteiger partial charge in [0.2, 0.25) is 0 Å². The summed E-state index contributed by atoms with van der Waals surface area (Å²) in [6.45, 7) is 13.5. The Morgan fingerprint density at radius 3 is 2.70 bits per heavy atom. The highest BCUT2D eigenvalue weighted by molar-refractivity contribution is 4.92. The van der Waals surface area contributed by atoms with E-state index in [0.717, 1.165) is 18.0 Å². The third-order valence-electron chi connectivity index (χ3n) is 5.61. The van der Waals surface area contributed by atoms with E-state index in [0.29, 0.717) is 5.41 Å². The minimum atomic E-state index is 0.552. The predicted molar refractivity (Wildman–Crippen MR) is 88.1 cm³/mol. The second-order valence-corrected chi connectivity index (χ2v) is 7.93. The maximum absolute atomic E-state index is 3.84. The van der Waals surface area contributed by atoms with Crippen molar-refractivity contribution in [3.63, 3.8) is 0 Å². The predicted octanol–water partition coefficient (Wildman–Crippen LogP) is 4.06. The molecule has 2 rings (SSSR count). The molecule has 0 aromatic carbocycles. The van der Waals surface area contributed by atoms with Crippen LogP contribution in [-0.4, -0.2) is 36.6 Å². The van der Waals surface area contributed by atoms with E-state index in [-0.39, 0.29) is 0 Å². The van der Waals surface area contributed by atoms with Crippen molar-refractivity contribution in [1.29, 1.82) is 0 Å². The van der Waals surface area contributed by atoms with Crippen molar-refractivity contribution >= 4 is 0 Å². The highest BCUT2D eigenvalue weighted by atomic mass is 15.2. The van der Waals surface area contributed by atoms with Crippen molar-refractivity contribution in [2.24, 2.45) is 11.3 Å².